The lowest BCUT2D eigenvalue weighted by atomic mass is 10.0. The van der Waals surface area contributed by atoms with Crippen LogP contribution in [0.1, 0.15) is 45.2 Å². The minimum atomic E-state index is 0.0943. The summed E-state index contributed by atoms with van der Waals surface area (Å²) in [5, 5.41) is 1.14. The van der Waals surface area contributed by atoms with E-state index in [1.165, 1.54) is 16.7 Å². The summed E-state index contributed by atoms with van der Waals surface area (Å²) in [4.78, 5) is 18.3. The number of nitrogens with one attached hydrogen (secondary N) is 1. The molecule has 0 saturated heterocycles. The first-order chi connectivity index (χ1) is 11.6. The smallest absolute Gasteiger partial charge is 0.254 e. The van der Waals surface area contributed by atoms with E-state index in [-0.39, 0.29) is 11.9 Å². The highest BCUT2D eigenvalue weighted by molar-refractivity contribution is 5.99. The Hall–Kier alpha value is -2.55. The van der Waals surface area contributed by atoms with Gasteiger partial charge in [-0.25, -0.2) is 0 Å². The highest BCUT2D eigenvalue weighted by Gasteiger charge is 2.28. The van der Waals surface area contributed by atoms with Crippen LogP contribution in [0.3, 0.4) is 0 Å². The zero-order valence-electron chi connectivity index (χ0n) is 14.4. The minimum Gasteiger partial charge on any atom is -0.358 e. The highest BCUT2D eigenvalue weighted by Crippen LogP contribution is 2.35. The van der Waals surface area contributed by atoms with Gasteiger partial charge in [-0.3, -0.25) is 4.79 Å². The monoisotopic (exact) mass is 318 g/mol. The molecule has 1 amide bonds. The second-order valence-corrected chi connectivity index (χ2v) is 6.80. The van der Waals surface area contributed by atoms with E-state index in [0.29, 0.717) is 0 Å². The van der Waals surface area contributed by atoms with E-state index < -0.39 is 0 Å². The van der Waals surface area contributed by atoms with Crippen molar-refractivity contribution in [2.45, 2.75) is 32.7 Å². The van der Waals surface area contributed by atoms with Crippen LogP contribution >= 0.6 is 0 Å². The van der Waals surface area contributed by atoms with Crippen LogP contribution in [-0.2, 0) is 6.42 Å². The van der Waals surface area contributed by atoms with E-state index in [1.807, 2.05) is 30.1 Å². The van der Waals surface area contributed by atoms with Crippen LogP contribution in [0.2, 0.25) is 0 Å². The minimum absolute atomic E-state index is 0.0943. The van der Waals surface area contributed by atoms with Gasteiger partial charge in [-0.15, -0.1) is 0 Å². The molecule has 3 nitrogen and oxygen atoms in total. The lowest BCUT2D eigenvalue weighted by Crippen LogP contribution is -2.30. The third-order valence-corrected chi connectivity index (χ3v) is 5.44. The predicted octanol–water partition coefficient (Wildman–Crippen LogP) is 4.54. The third-order valence-electron chi connectivity index (χ3n) is 5.44. The van der Waals surface area contributed by atoms with E-state index in [1.54, 1.807) is 0 Å². The van der Waals surface area contributed by atoms with E-state index in [9.17, 15) is 4.79 Å². The topological polar surface area (TPSA) is 36.1 Å². The third kappa shape index (κ3) is 2.23. The molecule has 1 heterocycles. The van der Waals surface area contributed by atoms with Gasteiger partial charge in [-0.2, -0.15) is 0 Å². The number of nitrogens with zero attached hydrogens (tertiary/aromatic N) is 1. The van der Waals surface area contributed by atoms with Gasteiger partial charge in [-0.05, 0) is 61.6 Å². The van der Waals surface area contributed by atoms with Crippen LogP contribution in [0.4, 0.5) is 0 Å². The Bertz CT molecular complexity index is 938. The first-order valence-corrected chi connectivity index (χ1v) is 8.50. The van der Waals surface area contributed by atoms with Crippen molar-refractivity contribution in [3.05, 3.63) is 70.4 Å². The molecule has 4 rings (SSSR count). The molecule has 3 aromatic rings. The molecule has 1 aromatic heterocycles. The van der Waals surface area contributed by atoms with Crippen molar-refractivity contribution in [2.24, 2.45) is 0 Å². The Labute approximate surface area is 142 Å². The molecule has 1 N–H and O–H groups in total. The fraction of sp³-hybridized carbons (Fsp3) is 0.286. The van der Waals surface area contributed by atoms with E-state index in [0.717, 1.165) is 35.0 Å². The molecule has 3 heteroatoms. The summed E-state index contributed by atoms with van der Waals surface area (Å²) < 4.78 is 0. The van der Waals surface area contributed by atoms with Crippen molar-refractivity contribution >= 4 is 16.8 Å². The van der Waals surface area contributed by atoms with E-state index in [2.05, 4.69) is 43.1 Å². The molecule has 0 radical (unpaired) electrons. The molecular weight excluding hydrogens is 296 g/mol. The average Bonchev–Trinajstić information content (AvgIpc) is 3.15. The Morgan fingerprint density at radius 2 is 1.96 bits per heavy atom. The van der Waals surface area contributed by atoms with Crippen molar-refractivity contribution in [3.8, 4) is 0 Å². The van der Waals surface area contributed by atoms with E-state index in [4.69, 9.17) is 0 Å². The number of carbonyl (C=O) groups is 1. The maximum atomic E-state index is 13.0. The summed E-state index contributed by atoms with van der Waals surface area (Å²) in [5.74, 6) is 0.0943. The van der Waals surface area contributed by atoms with Crippen molar-refractivity contribution in [2.75, 3.05) is 7.05 Å². The van der Waals surface area contributed by atoms with Crippen LogP contribution in [0.15, 0.2) is 42.5 Å². The van der Waals surface area contributed by atoms with Crippen molar-refractivity contribution in [3.63, 3.8) is 0 Å². The molecule has 1 atom stereocenters. The summed E-state index contributed by atoms with van der Waals surface area (Å²) in [6, 6.07) is 14.6. The Morgan fingerprint density at radius 1 is 1.17 bits per heavy atom. The molecule has 0 bridgehead atoms. The number of hydrogen-bond acceptors (Lipinski definition) is 1. The number of hydrogen-bond donors (Lipinski definition) is 1. The summed E-state index contributed by atoms with van der Waals surface area (Å²) in [5.41, 5.74) is 6.89. The summed E-state index contributed by atoms with van der Waals surface area (Å²) in [6.07, 6.45) is 2.06. The number of amides is 1. The number of fused-ring (bicyclic) bond motifs is 2. The van der Waals surface area contributed by atoms with Gasteiger partial charge in [0.15, 0.2) is 0 Å². The number of aromatic amines is 1. The second-order valence-electron chi connectivity index (χ2n) is 6.80. The van der Waals surface area contributed by atoms with Gasteiger partial charge in [0.2, 0.25) is 0 Å². The molecule has 0 saturated carbocycles. The van der Waals surface area contributed by atoms with Crippen LogP contribution < -0.4 is 0 Å². The zero-order valence-corrected chi connectivity index (χ0v) is 14.4. The van der Waals surface area contributed by atoms with Gasteiger partial charge in [-0.1, -0.05) is 24.3 Å². The Kier molecular flexibility index (Phi) is 3.45. The quantitative estimate of drug-likeness (QED) is 0.739. The number of benzene rings is 2. The molecular formula is C21H22N2O. The van der Waals surface area contributed by atoms with Gasteiger partial charge in [0, 0.05) is 29.2 Å². The van der Waals surface area contributed by atoms with Gasteiger partial charge in [0.05, 0.1) is 6.04 Å². The number of rotatable bonds is 2. The van der Waals surface area contributed by atoms with Crippen LogP contribution in [0.5, 0.6) is 0 Å². The van der Waals surface area contributed by atoms with Crippen LogP contribution in [0.25, 0.3) is 10.9 Å². The first-order valence-electron chi connectivity index (χ1n) is 8.50. The SMILES string of the molecule is Cc1[nH]c2ccc(C(=O)N(C)C3CCc4ccccc43)cc2c1C. The number of aryl methyl sites for hydroxylation is 3. The summed E-state index contributed by atoms with van der Waals surface area (Å²) >= 11 is 0. The zero-order chi connectivity index (χ0) is 16.8. The summed E-state index contributed by atoms with van der Waals surface area (Å²) in [7, 11) is 1.93. The van der Waals surface area contributed by atoms with Gasteiger partial charge in [0.1, 0.15) is 0 Å². The van der Waals surface area contributed by atoms with Gasteiger partial charge < -0.3 is 9.88 Å². The molecule has 0 fully saturated rings. The number of aromatic nitrogens is 1. The standard InChI is InChI=1S/C21H22N2O/c1-13-14(2)22-19-10-8-16(12-18(13)19)21(24)23(3)20-11-9-15-6-4-5-7-17(15)20/h4-8,10,12,20,22H,9,11H2,1-3H3. The largest absolute Gasteiger partial charge is 0.358 e. The molecule has 2 aromatic carbocycles. The first kappa shape index (κ1) is 15.0. The molecule has 122 valence electrons. The fourth-order valence-electron chi connectivity index (χ4n) is 3.88. The lowest BCUT2D eigenvalue weighted by Gasteiger charge is -2.25. The van der Waals surface area contributed by atoms with Crippen molar-refractivity contribution in [1.29, 1.82) is 0 Å². The second kappa shape index (κ2) is 5.52. The fourth-order valence-corrected chi connectivity index (χ4v) is 3.88. The van der Waals surface area contributed by atoms with Gasteiger partial charge >= 0.3 is 0 Å². The van der Waals surface area contributed by atoms with Crippen LogP contribution in [0, 0.1) is 13.8 Å². The Morgan fingerprint density at radius 3 is 2.79 bits per heavy atom. The van der Waals surface area contributed by atoms with Crippen molar-refractivity contribution < 1.29 is 4.79 Å². The summed E-state index contributed by atoms with van der Waals surface area (Å²) in [6.45, 7) is 4.16. The lowest BCUT2D eigenvalue weighted by molar-refractivity contribution is 0.0731. The Balaban J connectivity index is 1.67. The molecule has 0 spiro atoms. The normalized spacial score (nSPS) is 16.4. The van der Waals surface area contributed by atoms with E-state index >= 15 is 0 Å². The maximum absolute atomic E-state index is 13.0. The number of H-pyrrole nitrogens is 1. The molecule has 1 aliphatic carbocycles. The maximum Gasteiger partial charge on any atom is 0.254 e. The highest BCUT2D eigenvalue weighted by atomic mass is 16.2. The van der Waals surface area contributed by atoms with Crippen LogP contribution in [-0.4, -0.2) is 22.8 Å². The van der Waals surface area contributed by atoms with Gasteiger partial charge in [0.25, 0.3) is 5.91 Å². The molecule has 1 unspecified atom stereocenters. The van der Waals surface area contributed by atoms with Crippen molar-refractivity contribution in [1.82, 2.24) is 9.88 Å². The predicted molar refractivity (Wildman–Crippen MR) is 97.4 cm³/mol. The molecule has 1 aliphatic rings. The molecule has 24 heavy (non-hydrogen) atoms. The number of carbonyl (C=O) groups excluding carboxylic acids is 1. The average molecular weight is 318 g/mol. The molecule has 0 aliphatic heterocycles.